The van der Waals surface area contributed by atoms with Gasteiger partial charge in [-0.1, -0.05) is 6.07 Å². The molecular formula is C18H21N5O. The lowest BCUT2D eigenvalue weighted by Gasteiger charge is -2.11. The summed E-state index contributed by atoms with van der Waals surface area (Å²) in [5, 5.41) is 8.83. The van der Waals surface area contributed by atoms with Crippen LogP contribution in [-0.2, 0) is 4.74 Å². The molecule has 3 heterocycles. The summed E-state index contributed by atoms with van der Waals surface area (Å²) in [4.78, 5) is 8.80. The number of aryl methyl sites for hydroxylation is 2. The predicted octanol–water partition coefficient (Wildman–Crippen LogP) is 3.02. The first-order chi connectivity index (χ1) is 11.7. The third-order valence-electron chi connectivity index (χ3n) is 4.62. The summed E-state index contributed by atoms with van der Waals surface area (Å²) in [5.41, 5.74) is 4.32. The Kier molecular flexibility index (Phi) is 3.90. The van der Waals surface area contributed by atoms with E-state index in [-0.39, 0.29) is 6.10 Å². The molecule has 1 aromatic carbocycles. The van der Waals surface area contributed by atoms with E-state index in [1.54, 1.807) is 6.33 Å². The van der Waals surface area contributed by atoms with Gasteiger partial charge >= 0.3 is 0 Å². The van der Waals surface area contributed by atoms with E-state index in [0.29, 0.717) is 0 Å². The monoisotopic (exact) mass is 323 g/mol. The summed E-state index contributed by atoms with van der Waals surface area (Å²) >= 11 is 0. The molecule has 24 heavy (non-hydrogen) atoms. The van der Waals surface area contributed by atoms with Crippen LogP contribution in [0.5, 0.6) is 0 Å². The molecule has 1 atom stereocenters. The Bertz CT molecular complexity index is 867. The van der Waals surface area contributed by atoms with Gasteiger partial charge in [0.1, 0.15) is 12.1 Å². The van der Waals surface area contributed by atoms with Gasteiger partial charge in [-0.15, -0.1) is 0 Å². The van der Waals surface area contributed by atoms with E-state index in [1.807, 2.05) is 10.9 Å². The fourth-order valence-electron chi connectivity index (χ4n) is 3.05. The number of aromatic nitrogens is 4. The largest absolute Gasteiger partial charge is 0.376 e. The zero-order valence-electron chi connectivity index (χ0n) is 14.0. The Hall–Kier alpha value is -2.47. The lowest BCUT2D eigenvalue weighted by Crippen LogP contribution is -2.19. The van der Waals surface area contributed by atoms with Crippen LogP contribution in [0.3, 0.4) is 0 Å². The van der Waals surface area contributed by atoms with Crippen LogP contribution in [0.4, 0.5) is 5.82 Å². The molecule has 1 N–H and O–H groups in total. The molecule has 0 radical (unpaired) electrons. The maximum atomic E-state index is 5.66. The minimum Gasteiger partial charge on any atom is -0.376 e. The quantitative estimate of drug-likeness (QED) is 0.799. The Labute approximate surface area is 140 Å². The minimum absolute atomic E-state index is 0.268. The van der Waals surface area contributed by atoms with Gasteiger partial charge in [-0.25, -0.2) is 14.6 Å². The molecule has 124 valence electrons. The summed E-state index contributed by atoms with van der Waals surface area (Å²) in [6.45, 7) is 5.83. The highest BCUT2D eigenvalue weighted by Gasteiger charge is 2.17. The van der Waals surface area contributed by atoms with Gasteiger partial charge in [-0.05, 0) is 49.9 Å². The number of nitrogens with one attached hydrogen (secondary N) is 1. The third-order valence-corrected chi connectivity index (χ3v) is 4.62. The van der Waals surface area contributed by atoms with E-state index in [1.165, 1.54) is 11.1 Å². The number of fused-ring (bicyclic) bond motifs is 1. The molecule has 3 aromatic rings. The summed E-state index contributed by atoms with van der Waals surface area (Å²) in [6.07, 6.45) is 5.91. The zero-order chi connectivity index (χ0) is 16.5. The Morgan fingerprint density at radius 1 is 1.25 bits per heavy atom. The van der Waals surface area contributed by atoms with Crippen molar-refractivity contribution in [2.45, 2.75) is 32.8 Å². The van der Waals surface area contributed by atoms with Crippen molar-refractivity contribution in [3.8, 4) is 5.69 Å². The molecule has 4 rings (SSSR count). The second-order valence-electron chi connectivity index (χ2n) is 6.30. The highest BCUT2D eigenvalue weighted by Crippen LogP contribution is 2.23. The van der Waals surface area contributed by atoms with Gasteiger partial charge in [0.2, 0.25) is 0 Å². The molecule has 1 saturated heterocycles. The fraction of sp³-hybridized carbons (Fsp3) is 0.389. The number of benzene rings is 1. The van der Waals surface area contributed by atoms with Crippen LogP contribution in [0.25, 0.3) is 16.7 Å². The van der Waals surface area contributed by atoms with Gasteiger partial charge in [0.25, 0.3) is 0 Å². The summed E-state index contributed by atoms with van der Waals surface area (Å²) in [6, 6.07) is 6.30. The first kappa shape index (κ1) is 15.1. The van der Waals surface area contributed by atoms with Crippen LogP contribution >= 0.6 is 0 Å². The predicted molar refractivity (Wildman–Crippen MR) is 93.6 cm³/mol. The number of hydrogen-bond acceptors (Lipinski definition) is 5. The fourth-order valence-corrected chi connectivity index (χ4v) is 3.05. The minimum atomic E-state index is 0.268. The highest BCUT2D eigenvalue weighted by molar-refractivity contribution is 5.87. The van der Waals surface area contributed by atoms with Crippen molar-refractivity contribution >= 4 is 16.9 Å². The van der Waals surface area contributed by atoms with Gasteiger partial charge in [-0.3, -0.25) is 0 Å². The van der Waals surface area contributed by atoms with Crippen molar-refractivity contribution in [2.24, 2.45) is 0 Å². The molecule has 0 aliphatic carbocycles. The summed E-state index contributed by atoms with van der Waals surface area (Å²) in [7, 11) is 0. The summed E-state index contributed by atoms with van der Waals surface area (Å²) in [5.74, 6) is 0.811. The van der Waals surface area contributed by atoms with Crippen LogP contribution in [0.2, 0.25) is 0 Å². The highest BCUT2D eigenvalue weighted by atomic mass is 16.5. The van der Waals surface area contributed by atoms with Crippen LogP contribution in [0, 0.1) is 13.8 Å². The van der Waals surface area contributed by atoms with Crippen LogP contribution in [-0.4, -0.2) is 39.0 Å². The Morgan fingerprint density at radius 3 is 2.96 bits per heavy atom. The van der Waals surface area contributed by atoms with E-state index >= 15 is 0 Å². The maximum Gasteiger partial charge on any atom is 0.168 e. The molecule has 0 spiro atoms. The zero-order valence-corrected chi connectivity index (χ0v) is 14.0. The first-order valence-electron chi connectivity index (χ1n) is 8.34. The molecule has 1 unspecified atom stereocenters. The molecule has 1 aliphatic rings. The van der Waals surface area contributed by atoms with Crippen LogP contribution in [0.15, 0.2) is 30.7 Å². The van der Waals surface area contributed by atoms with Crippen molar-refractivity contribution < 1.29 is 4.74 Å². The van der Waals surface area contributed by atoms with Gasteiger partial charge < -0.3 is 10.1 Å². The van der Waals surface area contributed by atoms with Gasteiger partial charge in [-0.2, -0.15) is 5.10 Å². The van der Waals surface area contributed by atoms with Gasteiger partial charge in [0, 0.05) is 13.2 Å². The van der Waals surface area contributed by atoms with Crippen molar-refractivity contribution in [3.63, 3.8) is 0 Å². The normalized spacial score (nSPS) is 17.5. The lowest BCUT2D eigenvalue weighted by molar-refractivity contribution is 0.120. The van der Waals surface area contributed by atoms with E-state index in [2.05, 4.69) is 52.4 Å². The molecule has 0 saturated carbocycles. The van der Waals surface area contributed by atoms with Crippen molar-refractivity contribution in [2.75, 3.05) is 18.5 Å². The molecule has 6 nitrogen and oxygen atoms in total. The maximum absolute atomic E-state index is 5.66. The average Bonchev–Trinajstić information content (AvgIpc) is 3.25. The lowest BCUT2D eigenvalue weighted by atomic mass is 10.1. The molecule has 6 heteroatoms. The molecule has 2 aromatic heterocycles. The Balaban J connectivity index is 1.66. The van der Waals surface area contributed by atoms with E-state index in [4.69, 9.17) is 4.74 Å². The molecular weight excluding hydrogens is 302 g/mol. The first-order valence-corrected chi connectivity index (χ1v) is 8.34. The van der Waals surface area contributed by atoms with Gasteiger partial charge in [0.05, 0.1) is 23.4 Å². The van der Waals surface area contributed by atoms with E-state index in [9.17, 15) is 0 Å². The molecule has 0 bridgehead atoms. The number of anilines is 1. The second kappa shape index (κ2) is 6.20. The second-order valence-corrected chi connectivity index (χ2v) is 6.30. The SMILES string of the molecule is Cc1ccc(-n2ncc3c(NCC4CCCO4)ncnc32)cc1C. The average molecular weight is 323 g/mol. The van der Waals surface area contributed by atoms with E-state index < -0.39 is 0 Å². The number of hydrogen-bond donors (Lipinski definition) is 1. The topological polar surface area (TPSA) is 64.9 Å². The van der Waals surface area contributed by atoms with Crippen LogP contribution < -0.4 is 5.32 Å². The number of rotatable bonds is 4. The summed E-state index contributed by atoms with van der Waals surface area (Å²) < 4.78 is 7.52. The smallest absolute Gasteiger partial charge is 0.168 e. The van der Waals surface area contributed by atoms with Gasteiger partial charge in [0.15, 0.2) is 5.65 Å². The molecule has 1 fully saturated rings. The number of nitrogens with zero attached hydrogens (tertiary/aromatic N) is 4. The Morgan fingerprint density at radius 2 is 2.17 bits per heavy atom. The van der Waals surface area contributed by atoms with Crippen molar-refractivity contribution in [1.82, 2.24) is 19.7 Å². The van der Waals surface area contributed by atoms with Crippen molar-refractivity contribution in [3.05, 3.63) is 41.9 Å². The van der Waals surface area contributed by atoms with E-state index in [0.717, 1.165) is 48.5 Å². The van der Waals surface area contributed by atoms with Crippen molar-refractivity contribution in [1.29, 1.82) is 0 Å². The standard InChI is InChI=1S/C18H21N5O/c1-12-5-6-14(8-13(12)2)23-18-16(10-22-23)17(20-11-21-18)19-9-15-4-3-7-24-15/h5-6,8,10-11,15H,3-4,7,9H2,1-2H3,(H,19,20,21). The van der Waals surface area contributed by atoms with Crippen LogP contribution in [0.1, 0.15) is 24.0 Å². The number of ether oxygens (including phenoxy) is 1. The molecule has 0 amide bonds. The molecule has 1 aliphatic heterocycles. The third kappa shape index (κ3) is 2.73.